The Balaban J connectivity index is 1.57. The van der Waals surface area contributed by atoms with Gasteiger partial charge in [0, 0.05) is 7.05 Å². The van der Waals surface area contributed by atoms with Crippen LogP contribution >= 0.6 is 0 Å². The summed E-state index contributed by atoms with van der Waals surface area (Å²) in [5.41, 5.74) is 2.88. The zero-order valence-electron chi connectivity index (χ0n) is 12.3. The van der Waals surface area contributed by atoms with Gasteiger partial charge in [0.05, 0.1) is 11.0 Å². The minimum absolute atomic E-state index is 0.0873. The second-order valence-corrected chi connectivity index (χ2v) is 4.98. The van der Waals surface area contributed by atoms with Crippen LogP contribution in [0.25, 0.3) is 11.0 Å². The lowest BCUT2D eigenvalue weighted by Crippen LogP contribution is -2.18. The van der Waals surface area contributed by atoms with E-state index in [0.717, 1.165) is 16.6 Å². The number of nitrogens with zero attached hydrogens (tertiary/aromatic N) is 2. The molecule has 1 heterocycles. The number of fused-ring (bicyclic) bond motifs is 1. The standard InChI is InChI=1S/C17H17N3O2/c1-20-15-10-6-5-9-14(15)19-17(20)18-11-16(21)22-12-13-7-3-2-4-8-13/h2-10H,11-12H2,1H3,(H,18,19). The highest BCUT2D eigenvalue weighted by molar-refractivity contribution is 5.80. The fraction of sp³-hybridized carbons (Fsp3) is 0.176. The molecule has 0 unspecified atom stereocenters. The first kappa shape index (κ1) is 14.1. The van der Waals surface area contributed by atoms with Crippen LogP contribution in [0.15, 0.2) is 54.6 Å². The number of para-hydroxylation sites is 2. The molecule has 0 saturated carbocycles. The largest absolute Gasteiger partial charge is 0.460 e. The van der Waals surface area contributed by atoms with Crippen LogP contribution in [0.1, 0.15) is 5.56 Å². The van der Waals surface area contributed by atoms with E-state index in [0.29, 0.717) is 5.95 Å². The highest BCUT2D eigenvalue weighted by Gasteiger charge is 2.09. The van der Waals surface area contributed by atoms with Gasteiger partial charge in [-0.25, -0.2) is 4.98 Å². The Morgan fingerprint density at radius 1 is 1.14 bits per heavy atom. The van der Waals surface area contributed by atoms with Crippen molar-refractivity contribution < 1.29 is 9.53 Å². The maximum Gasteiger partial charge on any atom is 0.325 e. The fourth-order valence-corrected chi connectivity index (χ4v) is 2.24. The predicted molar refractivity (Wildman–Crippen MR) is 85.4 cm³/mol. The average Bonchev–Trinajstić information content (AvgIpc) is 2.88. The van der Waals surface area contributed by atoms with Gasteiger partial charge in [-0.1, -0.05) is 42.5 Å². The molecule has 0 radical (unpaired) electrons. The lowest BCUT2D eigenvalue weighted by molar-refractivity contribution is -0.142. The molecule has 1 N–H and O–H groups in total. The van der Waals surface area contributed by atoms with Gasteiger partial charge in [0.15, 0.2) is 0 Å². The number of rotatable bonds is 5. The fourth-order valence-electron chi connectivity index (χ4n) is 2.24. The highest BCUT2D eigenvalue weighted by Crippen LogP contribution is 2.17. The Morgan fingerprint density at radius 3 is 2.64 bits per heavy atom. The molecular formula is C17H17N3O2. The van der Waals surface area contributed by atoms with Crippen LogP contribution in [0.5, 0.6) is 0 Å². The minimum Gasteiger partial charge on any atom is -0.460 e. The van der Waals surface area contributed by atoms with Crippen LogP contribution in [-0.2, 0) is 23.2 Å². The third-order valence-electron chi connectivity index (χ3n) is 3.42. The van der Waals surface area contributed by atoms with Crippen LogP contribution in [0, 0.1) is 0 Å². The molecule has 0 aliphatic rings. The van der Waals surface area contributed by atoms with E-state index in [9.17, 15) is 4.79 Å². The van der Waals surface area contributed by atoms with Gasteiger partial charge in [-0.15, -0.1) is 0 Å². The lowest BCUT2D eigenvalue weighted by atomic mass is 10.2. The van der Waals surface area contributed by atoms with Crippen molar-refractivity contribution in [1.29, 1.82) is 0 Å². The topological polar surface area (TPSA) is 56.2 Å². The van der Waals surface area contributed by atoms with Crippen molar-refractivity contribution in [3.05, 3.63) is 60.2 Å². The van der Waals surface area contributed by atoms with E-state index < -0.39 is 0 Å². The van der Waals surface area contributed by atoms with Crippen LogP contribution in [0.3, 0.4) is 0 Å². The zero-order chi connectivity index (χ0) is 15.4. The molecule has 0 fully saturated rings. The normalized spacial score (nSPS) is 10.6. The molecule has 5 nitrogen and oxygen atoms in total. The SMILES string of the molecule is Cn1c(NCC(=O)OCc2ccccc2)nc2ccccc21. The second-order valence-electron chi connectivity index (χ2n) is 4.98. The van der Waals surface area contributed by atoms with Gasteiger partial charge in [-0.05, 0) is 17.7 Å². The number of nitrogens with one attached hydrogen (secondary N) is 1. The number of aromatic nitrogens is 2. The molecular weight excluding hydrogens is 278 g/mol. The summed E-state index contributed by atoms with van der Waals surface area (Å²) in [7, 11) is 1.91. The number of imidazole rings is 1. The van der Waals surface area contributed by atoms with E-state index in [1.54, 1.807) is 0 Å². The lowest BCUT2D eigenvalue weighted by Gasteiger charge is -2.07. The molecule has 5 heteroatoms. The summed E-state index contributed by atoms with van der Waals surface area (Å²) in [6.45, 7) is 0.369. The summed E-state index contributed by atoms with van der Waals surface area (Å²) in [4.78, 5) is 16.2. The number of hydrogen-bond acceptors (Lipinski definition) is 4. The predicted octanol–water partition coefficient (Wildman–Crippen LogP) is 2.73. The third-order valence-corrected chi connectivity index (χ3v) is 3.42. The van der Waals surface area contributed by atoms with Crippen molar-refractivity contribution in [3.63, 3.8) is 0 Å². The molecule has 0 spiro atoms. The summed E-state index contributed by atoms with van der Waals surface area (Å²) < 4.78 is 7.14. The van der Waals surface area contributed by atoms with Gasteiger partial charge in [-0.3, -0.25) is 4.79 Å². The summed E-state index contributed by atoms with van der Waals surface area (Å²) in [5.74, 6) is 0.341. The summed E-state index contributed by atoms with van der Waals surface area (Å²) in [6.07, 6.45) is 0. The number of ether oxygens (including phenoxy) is 1. The Kier molecular flexibility index (Phi) is 4.05. The number of carbonyl (C=O) groups excluding carboxylic acids is 1. The molecule has 0 atom stereocenters. The van der Waals surface area contributed by atoms with Crippen molar-refractivity contribution in [2.24, 2.45) is 7.05 Å². The molecule has 0 aliphatic heterocycles. The van der Waals surface area contributed by atoms with E-state index >= 15 is 0 Å². The second kappa shape index (κ2) is 6.30. The quantitative estimate of drug-likeness (QED) is 0.735. The number of hydrogen-bond donors (Lipinski definition) is 1. The number of esters is 1. The van der Waals surface area contributed by atoms with Crippen molar-refractivity contribution in [1.82, 2.24) is 9.55 Å². The van der Waals surface area contributed by atoms with Crippen molar-refractivity contribution in [3.8, 4) is 0 Å². The summed E-state index contributed by atoms with van der Waals surface area (Å²) in [6, 6.07) is 17.4. The molecule has 0 aliphatic carbocycles. The first-order valence-electron chi connectivity index (χ1n) is 7.09. The van der Waals surface area contributed by atoms with Crippen molar-refractivity contribution >= 4 is 23.0 Å². The van der Waals surface area contributed by atoms with Crippen LogP contribution in [0.2, 0.25) is 0 Å². The minimum atomic E-state index is -0.309. The maximum atomic E-state index is 11.8. The number of carbonyl (C=O) groups is 1. The first-order valence-corrected chi connectivity index (χ1v) is 7.09. The Bertz CT molecular complexity index is 781. The molecule has 0 amide bonds. The van der Waals surface area contributed by atoms with E-state index in [-0.39, 0.29) is 19.1 Å². The van der Waals surface area contributed by atoms with Gasteiger partial charge in [0.25, 0.3) is 0 Å². The molecule has 1 aromatic heterocycles. The van der Waals surface area contributed by atoms with Crippen LogP contribution in [0.4, 0.5) is 5.95 Å². The van der Waals surface area contributed by atoms with Gasteiger partial charge in [0.2, 0.25) is 5.95 Å². The molecule has 22 heavy (non-hydrogen) atoms. The average molecular weight is 295 g/mol. The Labute approximate surface area is 128 Å². The van der Waals surface area contributed by atoms with Gasteiger partial charge < -0.3 is 14.6 Å². The van der Waals surface area contributed by atoms with Crippen LogP contribution < -0.4 is 5.32 Å². The Hall–Kier alpha value is -2.82. The van der Waals surface area contributed by atoms with Crippen molar-refractivity contribution in [2.45, 2.75) is 6.61 Å². The number of aryl methyl sites for hydroxylation is 1. The number of anilines is 1. The van der Waals surface area contributed by atoms with E-state index in [4.69, 9.17) is 4.74 Å². The summed E-state index contributed by atoms with van der Waals surface area (Å²) in [5, 5.41) is 3.02. The van der Waals surface area contributed by atoms with E-state index in [1.807, 2.05) is 66.2 Å². The van der Waals surface area contributed by atoms with Gasteiger partial charge in [-0.2, -0.15) is 0 Å². The molecule has 0 bridgehead atoms. The smallest absolute Gasteiger partial charge is 0.325 e. The molecule has 112 valence electrons. The third kappa shape index (κ3) is 3.09. The molecule has 3 aromatic rings. The number of benzene rings is 2. The van der Waals surface area contributed by atoms with E-state index in [1.165, 1.54) is 0 Å². The Morgan fingerprint density at radius 2 is 1.86 bits per heavy atom. The van der Waals surface area contributed by atoms with Gasteiger partial charge in [0.1, 0.15) is 13.2 Å². The monoisotopic (exact) mass is 295 g/mol. The first-order chi connectivity index (χ1) is 10.7. The van der Waals surface area contributed by atoms with E-state index in [2.05, 4.69) is 10.3 Å². The molecule has 0 saturated heterocycles. The highest BCUT2D eigenvalue weighted by atomic mass is 16.5. The van der Waals surface area contributed by atoms with Crippen molar-refractivity contribution in [2.75, 3.05) is 11.9 Å². The zero-order valence-corrected chi connectivity index (χ0v) is 12.3. The summed E-state index contributed by atoms with van der Waals surface area (Å²) >= 11 is 0. The van der Waals surface area contributed by atoms with Gasteiger partial charge >= 0.3 is 5.97 Å². The van der Waals surface area contributed by atoms with Crippen LogP contribution in [-0.4, -0.2) is 22.1 Å². The molecule has 2 aromatic carbocycles. The molecule has 3 rings (SSSR count). The maximum absolute atomic E-state index is 11.8.